The Balaban J connectivity index is 1.40. The molecule has 7 heteroatoms. The number of rotatable bonds is 5. The Bertz CT molecular complexity index is 906. The fraction of sp³-hybridized carbons (Fsp3) is 0.286. The van der Waals surface area contributed by atoms with Crippen LogP contribution < -0.4 is 9.64 Å². The van der Waals surface area contributed by atoms with Crippen LogP contribution >= 0.6 is 11.6 Å². The lowest BCUT2D eigenvalue weighted by atomic mass is 10.1. The SMILES string of the molecule is CC1CN(c2cc(Oc3ccc(Cl)cc3)ncn2)CCN1Cc1ccncc1. The number of pyridine rings is 1. The van der Waals surface area contributed by atoms with Crippen LogP contribution in [0, 0.1) is 0 Å². The Morgan fingerprint density at radius 1 is 1.07 bits per heavy atom. The van der Waals surface area contributed by atoms with Crippen LogP contribution in [0.4, 0.5) is 5.82 Å². The van der Waals surface area contributed by atoms with Crippen LogP contribution in [-0.4, -0.2) is 45.5 Å². The fourth-order valence-electron chi connectivity index (χ4n) is 3.34. The maximum Gasteiger partial charge on any atom is 0.224 e. The quantitative estimate of drug-likeness (QED) is 0.650. The van der Waals surface area contributed by atoms with E-state index in [1.54, 1.807) is 18.5 Å². The molecular weight excluding hydrogens is 374 g/mol. The average Bonchev–Trinajstić information content (AvgIpc) is 2.72. The largest absolute Gasteiger partial charge is 0.439 e. The molecule has 1 atom stereocenters. The van der Waals surface area contributed by atoms with E-state index in [9.17, 15) is 0 Å². The van der Waals surface area contributed by atoms with Crippen LogP contribution in [0.25, 0.3) is 0 Å². The van der Waals surface area contributed by atoms with Crippen molar-refractivity contribution in [3.63, 3.8) is 0 Å². The van der Waals surface area contributed by atoms with Crippen LogP contribution in [0.3, 0.4) is 0 Å². The van der Waals surface area contributed by atoms with Crippen LogP contribution in [0.1, 0.15) is 12.5 Å². The molecule has 2 aromatic heterocycles. The molecule has 0 bridgehead atoms. The van der Waals surface area contributed by atoms with Crippen molar-refractivity contribution in [3.05, 3.63) is 71.8 Å². The lowest BCUT2D eigenvalue weighted by molar-refractivity contribution is 0.180. The molecule has 0 radical (unpaired) electrons. The number of benzene rings is 1. The van der Waals surface area contributed by atoms with Crippen molar-refractivity contribution in [2.24, 2.45) is 0 Å². The summed E-state index contributed by atoms with van der Waals surface area (Å²) in [6.45, 7) is 5.97. The van der Waals surface area contributed by atoms with E-state index < -0.39 is 0 Å². The zero-order chi connectivity index (χ0) is 19.3. The van der Waals surface area contributed by atoms with Gasteiger partial charge in [-0.15, -0.1) is 0 Å². The van der Waals surface area contributed by atoms with Gasteiger partial charge in [0.15, 0.2) is 0 Å². The topological polar surface area (TPSA) is 54.4 Å². The number of nitrogens with zero attached hydrogens (tertiary/aromatic N) is 5. The highest BCUT2D eigenvalue weighted by Gasteiger charge is 2.24. The van der Waals surface area contributed by atoms with Crippen molar-refractivity contribution in [2.75, 3.05) is 24.5 Å². The highest BCUT2D eigenvalue weighted by atomic mass is 35.5. The Morgan fingerprint density at radius 3 is 2.61 bits per heavy atom. The lowest BCUT2D eigenvalue weighted by Crippen LogP contribution is -2.51. The first kappa shape index (κ1) is 18.7. The van der Waals surface area contributed by atoms with E-state index in [1.165, 1.54) is 5.56 Å². The Labute approximate surface area is 169 Å². The first-order valence-electron chi connectivity index (χ1n) is 9.31. The normalized spacial score (nSPS) is 17.5. The van der Waals surface area contributed by atoms with Gasteiger partial charge in [-0.05, 0) is 48.9 Å². The number of halogens is 1. The van der Waals surface area contributed by atoms with Gasteiger partial charge in [-0.2, -0.15) is 0 Å². The summed E-state index contributed by atoms with van der Waals surface area (Å²) < 4.78 is 5.84. The summed E-state index contributed by atoms with van der Waals surface area (Å²) >= 11 is 5.92. The van der Waals surface area contributed by atoms with Crippen LogP contribution in [0.15, 0.2) is 61.2 Å². The van der Waals surface area contributed by atoms with Crippen molar-refractivity contribution < 1.29 is 4.74 Å². The van der Waals surface area contributed by atoms with E-state index in [2.05, 4.69) is 43.8 Å². The second kappa shape index (κ2) is 8.54. The summed E-state index contributed by atoms with van der Waals surface area (Å²) in [5, 5.41) is 0.675. The number of piperazine rings is 1. The van der Waals surface area contributed by atoms with Gasteiger partial charge in [0.1, 0.15) is 17.9 Å². The van der Waals surface area contributed by atoms with Crippen molar-refractivity contribution in [1.29, 1.82) is 0 Å². The Morgan fingerprint density at radius 2 is 1.86 bits per heavy atom. The smallest absolute Gasteiger partial charge is 0.224 e. The summed E-state index contributed by atoms with van der Waals surface area (Å²) in [5.74, 6) is 2.11. The molecule has 0 aliphatic carbocycles. The highest BCUT2D eigenvalue weighted by molar-refractivity contribution is 6.30. The maximum absolute atomic E-state index is 5.92. The highest BCUT2D eigenvalue weighted by Crippen LogP contribution is 2.25. The minimum atomic E-state index is 0.414. The molecule has 1 unspecified atom stereocenters. The Hall–Kier alpha value is -2.70. The van der Waals surface area contributed by atoms with E-state index in [0.29, 0.717) is 22.7 Å². The predicted molar refractivity (Wildman–Crippen MR) is 110 cm³/mol. The fourth-order valence-corrected chi connectivity index (χ4v) is 3.47. The molecule has 1 aliphatic rings. The van der Waals surface area contributed by atoms with Gasteiger partial charge in [-0.25, -0.2) is 9.97 Å². The molecule has 1 saturated heterocycles. The van der Waals surface area contributed by atoms with E-state index in [4.69, 9.17) is 16.3 Å². The third-order valence-electron chi connectivity index (χ3n) is 4.89. The van der Waals surface area contributed by atoms with E-state index >= 15 is 0 Å². The van der Waals surface area contributed by atoms with Crippen molar-refractivity contribution in [3.8, 4) is 11.6 Å². The first-order valence-corrected chi connectivity index (χ1v) is 9.68. The molecule has 0 spiro atoms. The van der Waals surface area contributed by atoms with Crippen LogP contribution in [-0.2, 0) is 6.54 Å². The summed E-state index contributed by atoms with van der Waals surface area (Å²) in [6, 6.07) is 13.7. The lowest BCUT2D eigenvalue weighted by Gasteiger charge is -2.40. The van der Waals surface area contributed by atoms with Gasteiger partial charge >= 0.3 is 0 Å². The van der Waals surface area contributed by atoms with Crippen LogP contribution in [0.2, 0.25) is 5.02 Å². The zero-order valence-electron chi connectivity index (χ0n) is 15.7. The van der Waals surface area contributed by atoms with Gasteiger partial charge in [0.05, 0.1) is 0 Å². The monoisotopic (exact) mass is 395 g/mol. The minimum absolute atomic E-state index is 0.414. The zero-order valence-corrected chi connectivity index (χ0v) is 16.5. The molecule has 28 heavy (non-hydrogen) atoms. The first-order chi connectivity index (χ1) is 13.7. The summed E-state index contributed by atoms with van der Waals surface area (Å²) in [4.78, 5) is 17.5. The molecule has 1 aliphatic heterocycles. The summed E-state index contributed by atoms with van der Waals surface area (Å²) in [5.41, 5.74) is 1.29. The van der Waals surface area contributed by atoms with Crippen molar-refractivity contribution in [1.82, 2.24) is 19.9 Å². The third kappa shape index (κ3) is 4.58. The second-order valence-corrected chi connectivity index (χ2v) is 7.33. The Kier molecular flexibility index (Phi) is 5.69. The van der Waals surface area contributed by atoms with Gasteiger partial charge in [-0.1, -0.05) is 11.6 Å². The second-order valence-electron chi connectivity index (χ2n) is 6.89. The van der Waals surface area contributed by atoms with Crippen molar-refractivity contribution in [2.45, 2.75) is 19.5 Å². The molecule has 0 N–H and O–H groups in total. The average molecular weight is 396 g/mol. The van der Waals surface area contributed by atoms with E-state index in [1.807, 2.05) is 30.6 Å². The molecule has 0 amide bonds. The van der Waals surface area contributed by atoms with E-state index in [0.717, 1.165) is 32.0 Å². The van der Waals surface area contributed by atoms with E-state index in [-0.39, 0.29) is 0 Å². The molecule has 144 valence electrons. The standard InChI is InChI=1S/C21H22ClN5O/c1-16-13-27(11-10-26(16)14-17-6-8-23-9-7-17)20-12-21(25-15-24-20)28-19-4-2-18(22)3-5-19/h2-9,12,15-16H,10-11,13-14H2,1H3. The van der Waals surface area contributed by atoms with Gasteiger partial charge in [0, 0.05) is 55.7 Å². The molecule has 1 aromatic carbocycles. The van der Waals surface area contributed by atoms with Gasteiger partial charge in [0.2, 0.25) is 5.88 Å². The number of hydrogen-bond acceptors (Lipinski definition) is 6. The number of ether oxygens (including phenoxy) is 1. The van der Waals surface area contributed by atoms with Crippen molar-refractivity contribution >= 4 is 17.4 Å². The van der Waals surface area contributed by atoms with Crippen LogP contribution in [0.5, 0.6) is 11.6 Å². The van der Waals surface area contributed by atoms with Gasteiger partial charge in [-0.3, -0.25) is 9.88 Å². The molecule has 1 fully saturated rings. The molecular formula is C21H22ClN5O. The molecule has 3 heterocycles. The molecule has 0 saturated carbocycles. The summed E-state index contributed by atoms with van der Waals surface area (Å²) in [6.07, 6.45) is 5.24. The number of hydrogen-bond donors (Lipinski definition) is 0. The molecule has 4 rings (SSSR count). The minimum Gasteiger partial charge on any atom is -0.439 e. The molecule has 6 nitrogen and oxygen atoms in total. The third-order valence-corrected chi connectivity index (χ3v) is 5.14. The van der Waals surface area contributed by atoms with Gasteiger partial charge in [0.25, 0.3) is 0 Å². The summed E-state index contributed by atoms with van der Waals surface area (Å²) in [7, 11) is 0. The molecule has 3 aromatic rings. The predicted octanol–water partition coefficient (Wildman–Crippen LogP) is 4.03. The maximum atomic E-state index is 5.92. The number of anilines is 1. The van der Waals surface area contributed by atoms with Gasteiger partial charge < -0.3 is 9.64 Å². The number of aromatic nitrogens is 3.